The molecule has 0 fully saturated rings. The molecule has 2 aromatic heterocycles. The minimum Gasteiger partial charge on any atom is -0.408 e. The van der Waals surface area contributed by atoms with Gasteiger partial charge in [0.1, 0.15) is 0 Å². The molecule has 4 aromatic rings. The zero-order valence-electron chi connectivity index (χ0n) is 15.5. The van der Waals surface area contributed by atoms with Crippen molar-refractivity contribution < 1.29 is 9.21 Å². The van der Waals surface area contributed by atoms with Gasteiger partial charge in [0.05, 0.1) is 16.2 Å². The fraction of sp³-hybridized carbons (Fsp3) is 0.190. The molecule has 6 nitrogen and oxygen atoms in total. The average molecular weight is 393 g/mol. The van der Waals surface area contributed by atoms with Crippen molar-refractivity contribution in [1.82, 2.24) is 15.3 Å². The van der Waals surface area contributed by atoms with Crippen molar-refractivity contribution in [2.75, 3.05) is 6.54 Å². The van der Waals surface area contributed by atoms with Gasteiger partial charge in [-0.15, -0.1) is 11.3 Å². The highest BCUT2D eigenvalue weighted by atomic mass is 32.1. The molecule has 0 saturated carbocycles. The van der Waals surface area contributed by atoms with Crippen molar-refractivity contribution in [3.63, 3.8) is 0 Å². The van der Waals surface area contributed by atoms with Crippen LogP contribution in [0.5, 0.6) is 0 Å². The molecule has 4 rings (SSSR count). The average Bonchev–Trinajstić information content (AvgIpc) is 3.28. The summed E-state index contributed by atoms with van der Waals surface area (Å²) in [6.07, 6.45) is 0.655. The van der Waals surface area contributed by atoms with E-state index in [1.54, 1.807) is 23.5 Å². The highest BCUT2D eigenvalue weighted by Crippen LogP contribution is 2.25. The van der Waals surface area contributed by atoms with Crippen LogP contribution in [0.25, 0.3) is 22.4 Å². The maximum atomic E-state index is 12.3. The Labute approximate surface area is 165 Å². The number of H-pyrrole nitrogens is 1. The summed E-state index contributed by atoms with van der Waals surface area (Å²) in [5.74, 6) is -0.543. The second-order valence-corrected chi connectivity index (χ2v) is 7.60. The number of oxazole rings is 1. The van der Waals surface area contributed by atoms with Gasteiger partial charge in [0.15, 0.2) is 5.58 Å². The second-order valence-electron chi connectivity index (χ2n) is 6.66. The monoisotopic (exact) mass is 393 g/mol. The quantitative estimate of drug-likeness (QED) is 0.539. The molecule has 1 amide bonds. The van der Waals surface area contributed by atoms with Crippen molar-refractivity contribution in [1.29, 1.82) is 0 Å². The normalized spacial score (nSPS) is 11.1. The molecule has 0 aliphatic heterocycles. The number of benzene rings is 2. The highest BCUT2D eigenvalue weighted by molar-refractivity contribution is 7.09. The van der Waals surface area contributed by atoms with Gasteiger partial charge in [-0.1, -0.05) is 12.1 Å². The number of thiazole rings is 1. The lowest BCUT2D eigenvalue weighted by molar-refractivity contribution is 0.0954. The third-order valence-electron chi connectivity index (χ3n) is 4.66. The van der Waals surface area contributed by atoms with Gasteiger partial charge in [0, 0.05) is 29.5 Å². The molecule has 0 aliphatic carbocycles. The molecule has 0 spiro atoms. The number of hydrogen-bond acceptors (Lipinski definition) is 5. The van der Waals surface area contributed by atoms with Crippen molar-refractivity contribution in [3.05, 3.63) is 74.0 Å². The zero-order valence-corrected chi connectivity index (χ0v) is 16.4. The summed E-state index contributed by atoms with van der Waals surface area (Å²) in [5, 5.41) is 5.84. The van der Waals surface area contributed by atoms with E-state index >= 15 is 0 Å². The van der Waals surface area contributed by atoms with Crippen molar-refractivity contribution in [2.24, 2.45) is 0 Å². The number of aryl methyl sites for hydroxylation is 2. The Morgan fingerprint density at radius 1 is 1.18 bits per heavy atom. The number of fused-ring (bicyclic) bond motifs is 1. The summed E-state index contributed by atoms with van der Waals surface area (Å²) in [4.78, 5) is 30.8. The van der Waals surface area contributed by atoms with E-state index in [2.05, 4.69) is 15.3 Å². The van der Waals surface area contributed by atoms with Crippen LogP contribution in [0.2, 0.25) is 0 Å². The minimum atomic E-state index is -0.467. The number of rotatable bonds is 5. The standard InChI is InChI=1S/C21H19N3O3S/c1-12-3-4-15(9-13(12)2)20(25)22-8-7-19-23-17(11-28-19)14-5-6-16-18(10-14)27-21(26)24-16/h3-6,9-11H,7-8H2,1-2H3,(H,22,25)(H,24,26). The topological polar surface area (TPSA) is 88.0 Å². The summed E-state index contributed by atoms with van der Waals surface area (Å²) < 4.78 is 5.10. The molecule has 0 saturated heterocycles. The molecule has 0 unspecified atom stereocenters. The van der Waals surface area contributed by atoms with Crippen molar-refractivity contribution in [3.8, 4) is 11.3 Å². The third-order valence-corrected chi connectivity index (χ3v) is 5.57. The lowest BCUT2D eigenvalue weighted by Crippen LogP contribution is -2.25. The number of nitrogens with one attached hydrogen (secondary N) is 2. The van der Waals surface area contributed by atoms with Crippen LogP contribution in [-0.4, -0.2) is 22.4 Å². The van der Waals surface area contributed by atoms with Crippen LogP contribution in [0, 0.1) is 13.8 Å². The Morgan fingerprint density at radius 2 is 2.04 bits per heavy atom. The lowest BCUT2D eigenvalue weighted by Gasteiger charge is -2.06. The smallest absolute Gasteiger partial charge is 0.408 e. The number of amides is 1. The number of aromatic amines is 1. The summed E-state index contributed by atoms with van der Waals surface area (Å²) >= 11 is 1.54. The molecule has 2 aromatic carbocycles. The maximum absolute atomic E-state index is 12.3. The van der Waals surface area contributed by atoms with Gasteiger partial charge in [0.25, 0.3) is 5.91 Å². The largest absolute Gasteiger partial charge is 0.417 e. The number of nitrogens with zero attached hydrogens (tertiary/aromatic N) is 1. The van der Waals surface area contributed by atoms with Gasteiger partial charge in [-0.3, -0.25) is 9.78 Å². The first-order valence-electron chi connectivity index (χ1n) is 8.93. The maximum Gasteiger partial charge on any atom is 0.417 e. The Hall–Kier alpha value is -3.19. The first-order chi connectivity index (χ1) is 13.5. The van der Waals surface area contributed by atoms with Gasteiger partial charge in [-0.2, -0.15) is 0 Å². The van der Waals surface area contributed by atoms with Gasteiger partial charge in [-0.05, 0) is 49.2 Å². The molecule has 7 heteroatoms. The Morgan fingerprint density at radius 3 is 2.86 bits per heavy atom. The van der Waals surface area contributed by atoms with Crippen LogP contribution in [0.3, 0.4) is 0 Å². The van der Waals surface area contributed by atoms with Crippen LogP contribution in [0.1, 0.15) is 26.5 Å². The minimum absolute atomic E-state index is 0.0761. The second kappa shape index (κ2) is 7.44. The predicted molar refractivity (Wildman–Crippen MR) is 110 cm³/mol. The number of aromatic nitrogens is 2. The molecule has 142 valence electrons. The number of carbonyl (C=O) groups excluding carboxylic acids is 1. The SMILES string of the molecule is Cc1ccc(C(=O)NCCc2nc(-c3ccc4[nH]c(=O)oc4c3)cs2)cc1C. The Bertz CT molecular complexity index is 1220. The Balaban J connectivity index is 1.39. The van der Waals surface area contributed by atoms with Crippen molar-refractivity contribution >= 4 is 28.3 Å². The van der Waals surface area contributed by atoms with Crippen LogP contribution < -0.4 is 11.1 Å². The summed E-state index contributed by atoms with van der Waals surface area (Å²) in [5.41, 5.74) is 5.83. The predicted octanol–water partition coefficient (Wildman–Crippen LogP) is 3.83. The number of carbonyl (C=O) groups is 1. The Kier molecular flexibility index (Phi) is 4.83. The summed E-state index contributed by atoms with van der Waals surface area (Å²) in [6, 6.07) is 11.2. The fourth-order valence-corrected chi connectivity index (χ4v) is 3.74. The number of hydrogen-bond donors (Lipinski definition) is 2. The van der Waals surface area contributed by atoms with E-state index in [0.717, 1.165) is 21.8 Å². The van der Waals surface area contributed by atoms with E-state index in [9.17, 15) is 9.59 Å². The fourth-order valence-electron chi connectivity index (χ4n) is 2.93. The summed E-state index contributed by atoms with van der Waals surface area (Å²) in [7, 11) is 0. The van der Waals surface area contributed by atoms with E-state index < -0.39 is 5.76 Å². The van der Waals surface area contributed by atoms with Gasteiger partial charge < -0.3 is 9.73 Å². The van der Waals surface area contributed by atoms with E-state index in [4.69, 9.17) is 4.42 Å². The van der Waals surface area contributed by atoms with Gasteiger partial charge in [0.2, 0.25) is 0 Å². The molecule has 0 radical (unpaired) electrons. The molecule has 0 aliphatic rings. The highest BCUT2D eigenvalue weighted by Gasteiger charge is 2.10. The van der Waals surface area contributed by atoms with Gasteiger partial charge >= 0.3 is 5.76 Å². The van der Waals surface area contributed by atoms with Crippen molar-refractivity contribution in [2.45, 2.75) is 20.3 Å². The van der Waals surface area contributed by atoms with Crippen LogP contribution >= 0.6 is 11.3 Å². The summed E-state index contributed by atoms with van der Waals surface area (Å²) in [6.45, 7) is 4.54. The third kappa shape index (κ3) is 3.75. The molecular weight excluding hydrogens is 374 g/mol. The first kappa shape index (κ1) is 18.2. The van der Waals surface area contributed by atoms with E-state index in [-0.39, 0.29) is 5.91 Å². The van der Waals surface area contributed by atoms with Crippen LogP contribution in [0.15, 0.2) is 51.0 Å². The molecule has 0 bridgehead atoms. The van der Waals surface area contributed by atoms with Crippen LogP contribution in [0.4, 0.5) is 0 Å². The van der Waals surface area contributed by atoms with E-state index in [1.165, 1.54) is 5.56 Å². The lowest BCUT2D eigenvalue weighted by atomic mass is 10.1. The van der Waals surface area contributed by atoms with E-state index in [1.807, 2.05) is 43.5 Å². The molecule has 28 heavy (non-hydrogen) atoms. The molecular formula is C21H19N3O3S. The van der Waals surface area contributed by atoms with Gasteiger partial charge in [-0.25, -0.2) is 9.78 Å². The first-order valence-corrected chi connectivity index (χ1v) is 9.81. The van der Waals surface area contributed by atoms with Crippen LogP contribution in [-0.2, 0) is 6.42 Å². The molecule has 2 heterocycles. The van der Waals surface area contributed by atoms with E-state index in [0.29, 0.717) is 29.6 Å². The molecule has 2 N–H and O–H groups in total. The zero-order chi connectivity index (χ0) is 19.7. The molecule has 0 atom stereocenters.